The van der Waals surface area contributed by atoms with Crippen LogP contribution in [0.2, 0.25) is 0 Å². The van der Waals surface area contributed by atoms with Gasteiger partial charge in [0.05, 0.1) is 17.8 Å². The molecule has 0 bridgehead atoms. The molecule has 0 aliphatic heterocycles. The summed E-state index contributed by atoms with van der Waals surface area (Å²) in [6.45, 7) is 3.81. The SMILES string of the molecule is Cc1ccc(C)c(NC(=O)CN(C)C(=O)c2cn(-c3ccccc3)nc2-c2cccnc2)c1. The van der Waals surface area contributed by atoms with Crippen molar-refractivity contribution >= 4 is 17.5 Å². The number of aryl methyl sites for hydroxylation is 2. The van der Waals surface area contributed by atoms with Gasteiger partial charge in [-0.25, -0.2) is 4.68 Å². The number of aromatic nitrogens is 3. The van der Waals surface area contributed by atoms with E-state index in [2.05, 4.69) is 15.4 Å². The number of carbonyl (C=O) groups is 2. The lowest BCUT2D eigenvalue weighted by atomic mass is 10.1. The third-order valence-electron chi connectivity index (χ3n) is 5.29. The first-order valence-electron chi connectivity index (χ1n) is 10.6. The van der Waals surface area contributed by atoms with E-state index in [1.807, 2.05) is 68.4 Å². The summed E-state index contributed by atoms with van der Waals surface area (Å²) >= 11 is 0. The van der Waals surface area contributed by atoms with Gasteiger partial charge in [0.15, 0.2) is 0 Å². The summed E-state index contributed by atoms with van der Waals surface area (Å²) in [5.41, 5.74) is 5.22. The molecule has 0 saturated carbocycles. The van der Waals surface area contributed by atoms with Gasteiger partial charge in [-0.1, -0.05) is 30.3 Å². The number of amides is 2. The van der Waals surface area contributed by atoms with Crippen LogP contribution in [0.25, 0.3) is 16.9 Å². The molecular formula is C26H25N5O2. The molecule has 166 valence electrons. The van der Waals surface area contributed by atoms with E-state index in [0.717, 1.165) is 28.1 Å². The number of anilines is 1. The van der Waals surface area contributed by atoms with Crippen LogP contribution in [-0.4, -0.2) is 45.1 Å². The van der Waals surface area contributed by atoms with E-state index in [-0.39, 0.29) is 18.4 Å². The molecule has 7 nitrogen and oxygen atoms in total. The van der Waals surface area contributed by atoms with Gasteiger partial charge in [0.1, 0.15) is 5.69 Å². The standard InChI is InChI=1S/C26H25N5O2/c1-18-11-12-19(2)23(14-18)28-24(32)17-30(3)26(33)22-16-31(21-9-5-4-6-10-21)29-25(22)20-8-7-13-27-15-20/h4-16H,17H2,1-3H3,(H,28,32). The van der Waals surface area contributed by atoms with Crippen molar-refractivity contribution in [2.24, 2.45) is 0 Å². The highest BCUT2D eigenvalue weighted by molar-refractivity contribution is 6.02. The van der Waals surface area contributed by atoms with Crippen molar-refractivity contribution in [2.75, 3.05) is 18.9 Å². The van der Waals surface area contributed by atoms with Crippen molar-refractivity contribution in [1.29, 1.82) is 0 Å². The Morgan fingerprint density at radius 2 is 1.82 bits per heavy atom. The summed E-state index contributed by atoms with van der Waals surface area (Å²) in [4.78, 5) is 31.6. The Bertz CT molecular complexity index is 1280. The second kappa shape index (κ2) is 9.48. The number of benzene rings is 2. The van der Waals surface area contributed by atoms with Gasteiger partial charge < -0.3 is 10.2 Å². The van der Waals surface area contributed by atoms with Crippen molar-refractivity contribution in [3.8, 4) is 16.9 Å². The van der Waals surface area contributed by atoms with Crippen molar-refractivity contribution < 1.29 is 9.59 Å². The molecule has 0 aliphatic rings. The first-order valence-corrected chi connectivity index (χ1v) is 10.6. The van der Waals surface area contributed by atoms with E-state index in [9.17, 15) is 9.59 Å². The topological polar surface area (TPSA) is 80.1 Å². The number of nitrogens with zero attached hydrogens (tertiary/aromatic N) is 4. The van der Waals surface area contributed by atoms with E-state index in [4.69, 9.17) is 0 Å². The molecule has 0 fully saturated rings. The van der Waals surface area contributed by atoms with Crippen LogP contribution in [-0.2, 0) is 4.79 Å². The van der Waals surface area contributed by atoms with Crippen LogP contribution in [0.15, 0.2) is 79.3 Å². The maximum Gasteiger partial charge on any atom is 0.257 e. The molecule has 4 aromatic rings. The van der Waals surface area contributed by atoms with Crippen LogP contribution in [0.4, 0.5) is 5.69 Å². The Kier molecular flexibility index (Phi) is 6.31. The summed E-state index contributed by atoms with van der Waals surface area (Å²) < 4.78 is 1.67. The minimum absolute atomic E-state index is 0.0881. The van der Waals surface area contributed by atoms with Crippen molar-refractivity contribution in [3.05, 3.63) is 95.9 Å². The maximum absolute atomic E-state index is 13.4. The first kappa shape index (κ1) is 22.0. The number of nitrogens with one attached hydrogen (secondary N) is 1. The fourth-order valence-electron chi connectivity index (χ4n) is 3.51. The molecule has 0 radical (unpaired) electrons. The van der Waals surface area contributed by atoms with Gasteiger partial charge in [-0.15, -0.1) is 0 Å². The van der Waals surface area contributed by atoms with Crippen molar-refractivity contribution in [1.82, 2.24) is 19.7 Å². The molecule has 2 aromatic carbocycles. The number of carbonyl (C=O) groups excluding carboxylic acids is 2. The zero-order valence-corrected chi connectivity index (χ0v) is 18.8. The average molecular weight is 440 g/mol. The molecule has 4 rings (SSSR count). The second-order valence-electron chi connectivity index (χ2n) is 7.94. The highest BCUT2D eigenvalue weighted by Gasteiger charge is 2.23. The summed E-state index contributed by atoms with van der Waals surface area (Å²) in [5, 5.41) is 7.55. The molecule has 0 unspecified atom stereocenters. The lowest BCUT2D eigenvalue weighted by molar-refractivity contribution is -0.116. The van der Waals surface area contributed by atoms with Crippen LogP contribution in [0.5, 0.6) is 0 Å². The van der Waals surface area contributed by atoms with Crippen molar-refractivity contribution in [3.63, 3.8) is 0 Å². The van der Waals surface area contributed by atoms with Gasteiger partial charge >= 0.3 is 0 Å². The molecule has 2 heterocycles. The summed E-state index contributed by atoms with van der Waals surface area (Å²) in [5.74, 6) is -0.565. The summed E-state index contributed by atoms with van der Waals surface area (Å²) in [7, 11) is 1.61. The van der Waals surface area contributed by atoms with Crippen LogP contribution in [0.3, 0.4) is 0 Å². The predicted octanol–water partition coefficient (Wildman–Crippen LogP) is 4.26. The monoisotopic (exact) mass is 439 g/mol. The van der Waals surface area contributed by atoms with Gasteiger partial charge in [0.25, 0.3) is 5.91 Å². The smallest absolute Gasteiger partial charge is 0.257 e. The Labute approximate surface area is 192 Å². The van der Waals surface area contributed by atoms with E-state index in [1.165, 1.54) is 4.90 Å². The fraction of sp³-hybridized carbons (Fsp3) is 0.154. The number of hydrogen-bond acceptors (Lipinski definition) is 4. The van der Waals surface area contributed by atoms with Gasteiger partial charge in [-0.3, -0.25) is 14.6 Å². The molecule has 2 amide bonds. The maximum atomic E-state index is 13.4. The number of hydrogen-bond donors (Lipinski definition) is 1. The Balaban J connectivity index is 1.59. The minimum Gasteiger partial charge on any atom is -0.332 e. The number of rotatable bonds is 6. The largest absolute Gasteiger partial charge is 0.332 e. The zero-order chi connectivity index (χ0) is 23.4. The third-order valence-corrected chi connectivity index (χ3v) is 5.29. The van der Waals surface area contributed by atoms with Crippen LogP contribution in [0.1, 0.15) is 21.5 Å². The number of pyridine rings is 1. The third kappa shape index (κ3) is 4.98. The number of para-hydroxylation sites is 1. The molecule has 33 heavy (non-hydrogen) atoms. The number of likely N-dealkylation sites (N-methyl/N-ethyl adjacent to an activating group) is 1. The van der Waals surface area contributed by atoms with Crippen LogP contribution < -0.4 is 5.32 Å². The molecule has 7 heteroatoms. The molecule has 0 atom stereocenters. The van der Waals surface area contributed by atoms with Gasteiger partial charge in [-0.05, 0) is 55.3 Å². The van der Waals surface area contributed by atoms with Gasteiger partial charge in [0.2, 0.25) is 5.91 Å². The lowest BCUT2D eigenvalue weighted by Gasteiger charge is -2.17. The summed E-state index contributed by atoms with van der Waals surface area (Å²) in [6.07, 6.45) is 5.03. The Morgan fingerprint density at radius 1 is 1.03 bits per heavy atom. The lowest BCUT2D eigenvalue weighted by Crippen LogP contribution is -2.35. The zero-order valence-electron chi connectivity index (χ0n) is 18.8. The molecule has 0 spiro atoms. The molecule has 2 aromatic heterocycles. The Hall–Kier alpha value is -4.26. The van der Waals surface area contributed by atoms with Crippen molar-refractivity contribution in [2.45, 2.75) is 13.8 Å². The van der Waals surface area contributed by atoms with Gasteiger partial charge in [0, 0.05) is 36.9 Å². The van der Waals surface area contributed by atoms with E-state index < -0.39 is 0 Å². The normalized spacial score (nSPS) is 10.6. The molecule has 1 N–H and O–H groups in total. The molecule has 0 saturated heterocycles. The average Bonchev–Trinajstić information content (AvgIpc) is 3.27. The highest BCUT2D eigenvalue weighted by atomic mass is 16.2. The highest BCUT2D eigenvalue weighted by Crippen LogP contribution is 2.24. The first-order chi connectivity index (χ1) is 15.9. The Morgan fingerprint density at radius 3 is 2.55 bits per heavy atom. The van der Waals surface area contributed by atoms with E-state index >= 15 is 0 Å². The van der Waals surface area contributed by atoms with Crippen LogP contribution >= 0.6 is 0 Å². The molecular weight excluding hydrogens is 414 g/mol. The minimum atomic E-state index is -0.299. The van der Waals surface area contributed by atoms with Crippen LogP contribution in [0, 0.1) is 13.8 Å². The summed E-state index contributed by atoms with van der Waals surface area (Å²) in [6, 6.07) is 19.1. The quantitative estimate of drug-likeness (QED) is 0.487. The predicted molar refractivity (Wildman–Crippen MR) is 128 cm³/mol. The molecule has 0 aliphatic carbocycles. The fourth-order valence-corrected chi connectivity index (χ4v) is 3.51. The second-order valence-corrected chi connectivity index (χ2v) is 7.94. The van der Waals surface area contributed by atoms with Gasteiger partial charge in [-0.2, -0.15) is 5.10 Å². The van der Waals surface area contributed by atoms with E-state index in [0.29, 0.717) is 11.3 Å². The van der Waals surface area contributed by atoms with E-state index in [1.54, 1.807) is 36.4 Å².